The number of benzene rings is 1. The predicted octanol–water partition coefficient (Wildman–Crippen LogP) is 2.02. The first-order chi connectivity index (χ1) is 9.72. The van der Waals surface area contributed by atoms with Crippen LogP contribution in [0.1, 0.15) is 19.4 Å². The maximum Gasteiger partial charge on any atom is 0.0992 e. The fourth-order valence-corrected chi connectivity index (χ4v) is 1.88. The molecule has 1 aromatic carbocycles. The lowest BCUT2D eigenvalue weighted by Crippen LogP contribution is -2.31. The molecule has 20 heavy (non-hydrogen) atoms. The summed E-state index contributed by atoms with van der Waals surface area (Å²) in [5, 5.41) is 9.00. The molecule has 0 amide bonds. The van der Waals surface area contributed by atoms with Gasteiger partial charge in [-0.15, -0.1) is 0 Å². The van der Waals surface area contributed by atoms with E-state index in [2.05, 4.69) is 11.0 Å². The quantitative estimate of drug-likeness (QED) is 0.552. The number of anilines is 2. The third-order valence-corrected chi connectivity index (χ3v) is 2.92. The molecule has 110 valence electrons. The summed E-state index contributed by atoms with van der Waals surface area (Å²) < 4.78 is 10.8. The molecule has 0 atom stereocenters. The van der Waals surface area contributed by atoms with Gasteiger partial charge in [-0.25, -0.2) is 0 Å². The Bertz CT molecular complexity index is 433. The van der Waals surface area contributed by atoms with Gasteiger partial charge in [-0.3, -0.25) is 0 Å². The van der Waals surface area contributed by atoms with Crippen molar-refractivity contribution in [3.63, 3.8) is 0 Å². The first kappa shape index (κ1) is 16.3. The van der Waals surface area contributed by atoms with Gasteiger partial charge >= 0.3 is 0 Å². The van der Waals surface area contributed by atoms with E-state index in [1.54, 1.807) is 12.1 Å². The Labute approximate surface area is 120 Å². The number of nitrogen functional groups attached to an aromatic ring is 1. The fourth-order valence-electron chi connectivity index (χ4n) is 1.88. The second-order valence-electron chi connectivity index (χ2n) is 4.27. The van der Waals surface area contributed by atoms with Gasteiger partial charge in [0.15, 0.2) is 0 Å². The van der Waals surface area contributed by atoms with E-state index in [1.807, 2.05) is 19.9 Å². The Morgan fingerprint density at radius 3 is 2.25 bits per heavy atom. The van der Waals surface area contributed by atoms with Crippen molar-refractivity contribution in [2.75, 3.05) is 50.2 Å². The summed E-state index contributed by atoms with van der Waals surface area (Å²) in [5.74, 6) is 0. The summed E-state index contributed by atoms with van der Waals surface area (Å²) in [6.45, 7) is 8.00. The molecule has 0 heterocycles. The molecule has 0 saturated carbocycles. The first-order valence-electron chi connectivity index (χ1n) is 6.93. The average Bonchev–Trinajstić information content (AvgIpc) is 2.47. The van der Waals surface area contributed by atoms with E-state index in [9.17, 15) is 0 Å². The smallest absolute Gasteiger partial charge is 0.0992 e. The van der Waals surface area contributed by atoms with Crippen molar-refractivity contribution in [3.05, 3.63) is 23.8 Å². The van der Waals surface area contributed by atoms with E-state index in [1.165, 1.54) is 0 Å². The highest BCUT2D eigenvalue weighted by molar-refractivity contribution is 5.69. The molecular weight excluding hydrogens is 254 g/mol. The third-order valence-electron chi connectivity index (χ3n) is 2.92. The van der Waals surface area contributed by atoms with Gasteiger partial charge in [0.05, 0.1) is 36.2 Å². The lowest BCUT2D eigenvalue weighted by Gasteiger charge is -2.26. The van der Waals surface area contributed by atoms with Crippen LogP contribution in [0.25, 0.3) is 0 Å². The van der Waals surface area contributed by atoms with Gasteiger partial charge in [0.1, 0.15) is 0 Å². The molecule has 1 rings (SSSR count). The Hall–Kier alpha value is -1.77. The number of hydrogen-bond donors (Lipinski definition) is 1. The monoisotopic (exact) mass is 277 g/mol. The molecule has 0 aliphatic carbocycles. The minimum absolute atomic E-state index is 0.604. The largest absolute Gasteiger partial charge is 0.397 e. The van der Waals surface area contributed by atoms with Crippen LogP contribution >= 0.6 is 0 Å². The number of nitriles is 1. The Morgan fingerprint density at radius 1 is 1.15 bits per heavy atom. The third kappa shape index (κ3) is 5.08. The normalized spacial score (nSPS) is 10.2. The molecular formula is C15H23N3O2. The SMILES string of the molecule is CCOCCN(CCOCC)c1cc(C#N)ccc1N. The average molecular weight is 277 g/mol. The van der Waals surface area contributed by atoms with Crippen molar-refractivity contribution in [1.82, 2.24) is 0 Å². The van der Waals surface area contributed by atoms with Crippen LogP contribution in [0.5, 0.6) is 0 Å². The molecule has 0 aliphatic heterocycles. The Balaban J connectivity index is 2.81. The molecule has 2 N–H and O–H groups in total. The maximum atomic E-state index is 9.00. The lowest BCUT2D eigenvalue weighted by atomic mass is 10.1. The molecule has 1 aromatic rings. The van der Waals surface area contributed by atoms with Crippen molar-refractivity contribution < 1.29 is 9.47 Å². The number of nitrogens with two attached hydrogens (primary N) is 1. The zero-order valence-corrected chi connectivity index (χ0v) is 12.3. The number of ether oxygens (including phenoxy) is 2. The standard InChI is InChI=1S/C15H23N3O2/c1-3-19-9-7-18(8-10-20-4-2)15-11-13(12-16)5-6-14(15)17/h5-6,11H,3-4,7-10,17H2,1-2H3. The number of hydrogen-bond acceptors (Lipinski definition) is 5. The molecule has 0 unspecified atom stereocenters. The van der Waals surface area contributed by atoms with Crippen molar-refractivity contribution in [3.8, 4) is 6.07 Å². The van der Waals surface area contributed by atoms with Crippen molar-refractivity contribution in [2.24, 2.45) is 0 Å². The van der Waals surface area contributed by atoms with E-state index < -0.39 is 0 Å². The topological polar surface area (TPSA) is 71.5 Å². The molecule has 0 bridgehead atoms. The first-order valence-corrected chi connectivity index (χ1v) is 6.93. The zero-order valence-electron chi connectivity index (χ0n) is 12.3. The number of rotatable bonds is 9. The van der Waals surface area contributed by atoms with Crippen LogP contribution in [0.15, 0.2) is 18.2 Å². The van der Waals surface area contributed by atoms with Crippen molar-refractivity contribution >= 4 is 11.4 Å². The summed E-state index contributed by atoms with van der Waals surface area (Å²) >= 11 is 0. The predicted molar refractivity (Wildman–Crippen MR) is 80.8 cm³/mol. The van der Waals surface area contributed by atoms with Gasteiger partial charge in [0, 0.05) is 26.3 Å². The Morgan fingerprint density at radius 2 is 1.75 bits per heavy atom. The molecule has 5 nitrogen and oxygen atoms in total. The summed E-state index contributed by atoms with van der Waals surface area (Å²) in [6, 6.07) is 7.44. The van der Waals surface area contributed by atoms with Gasteiger partial charge in [0.25, 0.3) is 0 Å². The van der Waals surface area contributed by atoms with Crippen LogP contribution in [-0.2, 0) is 9.47 Å². The fraction of sp³-hybridized carbons (Fsp3) is 0.533. The van der Waals surface area contributed by atoms with Crippen LogP contribution < -0.4 is 10.6 Å². The highest BCUT2D eigenvalue weighted by Crippen LogP contribution is 2.24. The molecule has 0 aromatic heterocycles. The van der Waals surface area contributed by atoms with Gasteiger partial charge in [-0.05, 0) is 32.0 Å². The molecule has 0 spiro atoms. The van der Waals surface area contributed by atoms with Crippen LogP contribution in [0, 0.1) is 11.3 Å². The minimum Gasteiger partial charge on any atom is -0.397 e. The Kier molecular flexibility index (Phi) is 7.48. The van der Waals surface area contributed by atoms with E-state index in [0.29, 0.717) is 37.7 Å². The van der Waals surface area contributed by atoms with Crippen LogP contribution in [0.4, 0.5) is 11.4 Å². The van der Waals surface area contributed by atoms with E-state index in [0.717, 1.165) is 18.8 Å². The van der Waals surface area contributed by atoms with Gasteiger partial charge in [-0.2, -0.15) is 5.26 Å². The summed E-state index contributed by atoms with van der Waals surface area (Å²) in [4.78, 5) is 2.10. The molecule has 0 aliphatic rings. The van der Waals surface area contributed by atoms with E-state index in [-0.39, 0.29) is 0 Å². The lowest BCUT2D eigenvalue weighted by molar-refractivity contribution is 0.141. The van der Waals surface area contributed by atoms with Crippen molar-refractivity contribution in [2.45, 2.75) is 13.8 Å². The summed E-state index contributed by atoms with van der Waals surface area (Å²) in [6.07, 6.45) is 0. The maximum absolute atomic E-state index is 9.00. The van der Waals surface area contributed by atoms with E-state index >= 15 is 0 Å². The molecule has 5 heteroatoms. The molecule has 0 saturated heterocycles. The van der Waals surface area contributed by atoms with Crippen LogP contribution in [0.3, 0.4) is 0 Å². The zero-order chi connectivity index (χ0) is 14.8. The van der Waals surface area contributed by atoms with Crippen LogP contribution in [-0.4, -0.2) is 39.5 Å². The number of nitrogens with zero attached hydrogens (tertiary/aromatic N) is 2. The summed E-state index contributed by atoms with van der Waals surface area (Å²) in [7, 11) is 0. The molecule has 0 radical (unpaired) electrons. The van der Waals surface area contributed by atoms with Gasteiger partial charge < -0.3 is 20.1 Å². The highest BCUT2D eigenvalue weighted by atomic mass is 16.5. The van der Waals surface area contributed by atoms with Crippen molar-refractivity contribution in [1.29, 1.82) is 5.26 Å². The second-order valence-corrected chi connectivity index (χ2v) is 4.27. The highest BCUT2D eigenvalue weighted by Gasteiger charge is 2.11. The van der Waals surface area contributed by atoms with Crippen LogP contribution in [0.2, 0.25) is 0 Å². The second kappa shape index (κ2) is 9.18. The van der Waals surface area contributed by atoms with Gasteiger partial charge in [0.2, 0.25) is 0 Å². The van der Waals surface area contributed by atoms with E-state index in [4.69, 9.17) is 20.5 Å². The molecule has 0 fully saturated rings. The van der Waals surface area contributed by atoms with Gasteiger partial charge in [-0.1, -0.05) is 0 Å². The minimum atomic E-state index is 0.604. The summed E-state index contributed by atoms with van der Waals surface area (Å²) in [5.41, 5.74) is 8.15.